The Kier molecular flexibility index (Phi) is 6.55. The third kappa shape index (κ3) is 3.82. The minimum absolute atomic E-state index is 0.448. The largest absolute Gasteiger partial charge is 0.496 e. The number of hydrogen-bond acceptors (Lipinski definition) is 2. The molecule has 2 unspecified atom stereocenters. The normalized spacial score (nSPS) is 19.1. The lowest BCUT2D eigenvalue weighted by Gasteiger charge is -2.27. The summed E-state index contributed by atoms with van der Waals surface area (Å²) in [7, 11) is 0. The van der Waals surface area contributed by atoms with Gasteiger partial charge in [0.05, 0.1) is 12.6 Å². The van der Waals surface area contributed by atoms with Gasteiger partial charge in [-0.05, 0) is 25.0 Å². The van der Waals surface area contributed by atoms with Crippen molar-refractivity contribution in [2.45, 2.75) is 58.9 Å². The Balaban J connectivity index is 2.57. The fraction of sp³-hybridized carbons (Fsp3) is 0.857. The first-order valence-corrected chi connectivity index (χ1v) is 6.89. The number of ether oxygens (including phenoxy) is 1. The summed E-state index contributed by atoms with van der Waals surface area (Å²) in [6.45, 7) is 8.63. The summed E-state index contributed by atoms with van der Waals surface area (Å²) in [5.41, 5.74) is 0. The molecular weight excluding hydrogens is 198 g/mol. The maximum atomic E-state index is 5.73. The van der Waals surface area contributed by atoms with E-state index in [9.17, 15) is 0 Å². The van der Waals surface area contributed by atoms with Gasteiger partial charge in [-0.2, -0.15) is 0 Å². The molecule has 0 fully saturated rings. The Morgan fingerprint density at radius 1 is 1.38 bits per heavy atom. The maximum Gasteiger partial charge on any atom is 0.109 e. The molecule has 1 rings (SSSR count). The van der Waals surface area contributed by atoms with Crippen molar-refractivity contribution < 1.29 is 4.74 Å². The van der Waals surface area contributed by atoms with Gasteiger partial charge in [0.2, 0.25) is 0 Å². The van der Waals surface area contributed by atoms with Crippen molar-refractivity contribution in [2.75, 3.05) is 13.2 Å². The van der Waals surface area contributed by atoms with Gasteiger partial charge >= 0.3 is 0 Å². The zero-order valence-electron chi connectivity index (χ0n) is 11.1. The summed E-state index contributed by atoms with van der Waals surface area (Å²) in [5, 5.41) is 3.59. The van der Waals surface area contributed by atoms with Gasteiger partial charge in [0.25, 0.3) is 0 Å². The van der Waals surface area contributed by atoms with Crippen LogP contribution in [0.3, 0.4) is 0 Å². The molecule has 0 aromatic rings. The van der Waals surface area contributed by atoms with Gasteiger partial charge < -0.3 is 10.1 Å². The van der Waals surface area contributed by atoms with Crippen molar-refractivity contribution in [3.05, 3.63) is 11.8 Å². The predicted octanol–water partition coefficient (Wildman–Crippen LogP) is 3.49. The van der Waals surface area contributed by atoms with Crippen LogP contribution in [0.25, 0.3) is 0 Å². The van der Waals surface area contributed by atoms with E-state index in [-0.39, 0.29) is 0 Å². The molecule has 0 bridgehead atoms. The number of hydrogen-bond donors (Lipinski definition) is 1. The van der Waals surface area contributed by atoms with Crippen LogP contribution in [0.2, 0.25) is 0 Å². The molecule has 1 heterocycles. The van der Waals surface area contributed by atoms with E-state index < -0.39 is 0 Å². The summed E-state index contributed by atoms with van der Waals surface area (Å²) in [6.07, 6.45) is 8.51. The summed E-state index contributed by atoms with van der Waals surface area (Å²) in [5.74, 6) is 1.93. The number of nitrogens with one attached hydrogen (secondary N) is 1. The highest BCUT2D eigenvalue weighted by molar-refractivity contribution is 5.09. The standard InChI is InChI=1S/C14H27NO/c1-4-7-9-12(5-2)14(15-6-3)13-10-8-11-16-13/h10,12,14-15H,4-9,11H2,1-3H3. The summed E-state index contributed by atoms with van der Waals surface area (Å²) in [6, 6.07) is 0.448. The van der Waals surface area contributed by atoms with Crippen LogP contribution in [-0.4, -0.2) is 19.2 Å². The second-order valence-electron chi connectivity index (χ2n) is 4.59. The predicted molar refractivity (Wildman–Crippen MR) is 69.4 cm³/mol. The average molecular weight is 225 g/mol. The highest BCUT2D eigenvalue weighted by atomic mass is 16.5. The minimum atomic E-state index is 0.448. The molecule has 0 radical (unpaired) electrons. The zero-order valence-corrected chi connectivity index (χ0v) is 11.1. The van der Waals surface area contributed by atoms with Crippen molar-refractivity contribution >= 4 is 0 Å². The molecule has 0 aromatic carbocycles. The van der Waals surface area contributed by atoms with E-state index in [4.69, 9.17) is 4.74 Å². The SMILES string of the molecule is CCCCC(CC)C(NCC)C1=CCCO1. The van der Waals surface area contributed by atoms with Gasteiger partial charge in [0.1, 0.15) is 5.76 Å². The number of rotatable bonds is 8. The van der Waals surface area contributed by atoms with Crippen molar-refractivity contribution in [1.29, 1.82) is 0 Å². The van der Waals surface area contributed by atoms with Crippen LogP contribution in [0, 0.1) is 5.92 Å². The monoisotopic (exact) mass is 225 g/mol. The molecule has 0 saturated heterocycles. The second kappa shape index (κ2) is 7.72. The minimum Gasteiger partial charge on any atom is -0.496 e. The lowest BCUT2D eigenvalue weighted by Crippen LogP contribution is -2.38. The van der Waals surface area contributed by atoms with E-state index in [0.29, 0.717) is 6.04 Å². The van der Waals surface area contributed by atoms with Gasteiger partial charge in [-0.1, -0.05) is 40.0 Å². The molecule has 0 amide bonds. The highest BCUT2D eigenvalue weighted by Gasteiger charge is 2.25. The van der Waals surface area contributed by atoms with Crippen LogP contribution >= 0.6 is 0 Å². The molecule has 1 N–H and O–H groups in total. The number of unbranched alkanes of at least 4 members (excludes halogenated alkanes) is 1. The van der Waals surface area contributed by atoms with E-state index in [2.05, 4.69) is 32.2 Å². The molecule has 16 heavy (non-hydrogen) atoms. The van der Waals surface area contributed by atoms with Crippen LogP contribution in [0.1, 0.15) is 52.9 Å². The van der Waals surface area contributed by atoms with E-state index >= 15 is 0 Å². The van der Waals surface area contributed by atoms with Crippen molar-refractivity contribution in [2.24, 2.45) is 5.92 Å². The Morgan fingerprint density at radius 3 is 2.69 bits per heavy atom. The van der Waals surface area contributed by atoms with E-state index in [1.165, 1.54) is 31.4 Å². The van der Waals surface area contributed by atoms with Crippen molar-refractivity contribution in [1.82, 2.24) is 5.32 Å². The molecule has 94 valence electrons. The lowest BCUT2D eigenvalue weighted by molar-refractivity contribution is 0.187. The van der Waals surface area contributed by atoms with Gasteiger partial charge in [-0.15, -0.1) is 0 Å². The highest BCUT2D eigenvalue weighted by Crippen LogP contribution is 2.25. The fourth-order valence-electron chi connectivity index (χ4n) is 2.45. The molecule has 0 spiro atoms. The van der Waals surface area contributed by atoms with E-state index in [1.807, 2.05) is 0 Å². The van der Waals surface area contributed by atoms with Gasteiger partial charge in [0, 0.05) is 6.42 Å². The van der Waals surface area contributed by atoms with Crippen LogP contribution < -0.4 is 5.32 Å². The Hall–Kier alpha value is -0.500. The summed E-state index contributed by atoms with van der Waals surface area (Å²) >= 11 is 0. The molecule has 2 heteroatoms. The van der Waals surface area contributed by atoms with Crippen molar-refractivity contribution in [3.8, 4) is 0 Å². The molecule has 2 nitrogen and oxygen atoms in total. The average Bonchev–Trinajstić information content (AvgIpc) is 2.82. The van der Waals surface area contributed by atoms with E-state index in [1.54, 1.807) is 0 Å². The summed E-state index contributed by atoms with van der Waals surface area (Å²) < 4.78 is 5.73. The maximum absolute atomic E-state index is 5.73. The molecule has 0 aromatic heterocycles. The first-order valence-electron chi connectivity index (χ1n) is 6.89. The van der Waals surface area contributed by atoms with Crippen LogP contribution in [0.4, 0.5) is 0 Å². The first-order chi connectivity index (χ1) is 7.83. The molecule has 0 saturated carbocycles. The summed E-state index contributed by atoms with van der Waals surface area (Å²) in [4.78, 5) is 0. The smallest absolute Gasteiger partial charge is 0.109 e. The van der Waals surface area contributed by atoms with Crippen molar-refractivity contribution in [3.63, 3.8) is 0 Å². The van der Waals surface area contributed by atoms with Gasteiger partial charge in [-0.25, -0.2) is 0 Å². The quantitative estimate of drug-likeness (QED) is 0.683. The third-order valence-electron chi connectivity index (χ3n) is 3.39. The zero-order chi connectivity index (χ0) is 11.8. The molecular formula is C14H27NO. The van der Waals surface area contributed by atoms with E-state index in [0.717, 1.165) is 25.5 Å². The molecule has 0 aliphatic carbocycles. The first kappa shape index (κ1) is 13.6. The molecule has 2 atom stereocenters. The Labute approximate surface area is 100 Å². The Bertz CT molecular complexity index is 213. The topological polar surface area (TPSA) is 21.3 Å². The van der Waals surface area contributed by atoms with Gasteiger partial charge in [0.15, 0.2) is 0 Å². The number of likely N-dealkylation sites (N-methyl/N-ethyl adjacent to an activating group) is 1. The molecule has 1 aliphatic heterocycles. The molecule has 1 aliphatic rings. The lowest BCUT2D eigenvalue weighted by atomic mass is 9.90. The van der Waals surface area contributed by atoms with Crippen LogP contribution in [0.5, 0.6) is 0 Å². The third-order valence-corrected chi connectivity index (χ3v) is 3.39. The Morgan fingerprint density at radius 2 is 2.19 bits per heavy atom. The van der Waals surface area contributed by atoms with Crippen LogP contribution in [-0.2, 0) is 4.74 Å². The van der Waals surface area contributed by atoms with Gasteiger partial charge in [-0.3, -0.25) is 0 Å². The fourth-order valence-corrected chi connectivity index (χ4v) is 2.45. The van der Waals surface area contributed by atoms with Crippen LogP contribution in [0.15, 0.2) is 11.8 Å². The second-order valence-corrected chi connectivity index (χ2v) is 4.59.